The van der Waals surface area contributed by atoms with Crippen molar-refractivity contribution in [3.63, 3.8) is 0 Å². The predicted molar refractivity (Wildman–Crippen MR) is 72.6 cm³/mol. The number of benzene rings is 1. The quantitative estimate of drug-likeness (QED) is 0.919. The van der Waals surface area contributed by atoms with Gasteiger partial charge in [0, 0.05) is 11.8 Å². The van der Waals surface area contributed by atoms with E-state index in [-0.39, 0.29) is 11.7 Å². The molecule has 1 N–H and O–H groups in total. The predicted octanol–water partition coefficient (Wildman–Crippen LogP) is 3.10. The van der Waals surface area contributed by atoms with E-state index in [1.807, 2.05) is 6.92 Å². The third-order valence-electron chi connectivity index (χ3n) is 3.53. The van der Waals surface area contributed by atoms with Crippen LogP contribution in [0.4, 0.5) is 10.1 Å². The van der Waals surface area contributed by atoms with Crippen LogP contribution in [0.25, 0.3) is 0 Å². The summed E-state index contributed by atoms with van der Waals surface area (Å²) < 4.78 is 18.8. The van der Waals surface area contributed by atoms with Crippen LogP contribution in [-0.4, -0.2) is 12.5 Å². The highest BCUT2D eigenvalue weighted by atomic mass is 19.1. The van der Waals surface area contributed by atoms with Gasteiger partial charge in [-0.2, -0.15) is 5.26 Å². The lowest BCUT2D eigenvalue weighted by atomic mass is 9.63. The number of amides is 1. The molecule has 0 bridgehead atoms. The van der Waals surface area contributed by atoms with Crippen LogP contribution in [0, 0.1) is 28.5 Å². The van der Waals surface area contributed by atoms with Gasteiger partial charge in [0.25, 0.3) is 0 Å². The van der Waals surface area contributed by atoms with Crippen molar-refractivity contribution in [2.75, 3.05) is 11.9 Å². The van der Waals surface area contributed by atoms with Gasteiger partial charge in [-0.05, 0) is 37.8 Å². The van der Waals surface area contributed by atoms with Crippen molar-refractivity contribution < 1.29 is 13.9 Å². The average molecular weight is 276 g/mol. The van der Waals surface area contributed by atoms with Crippen LogP contribution in [0.15, 0.2) is 18.2 Å². The third kappa shape index (κ3) is 2.60. The maximum atomic E-state index is 13.7. The molecule has 0 atom stereocenters. The molecule has 5 heteroatoms. The molecule has 1 amide bonds. The zero-order valence-corrected chi connectivity index (χ0v) is 11.6. The minimum Gasteiger partial charge on any atom is -0.491 e. The van der Waals surface area contributed by atoms with E-state index in [2.05, 4.69) is 11.4 Å². The Kier molecular flexibility index (Phi) is 3.93. The van der Waals surface area contributed by atoms with Crippen molar-refractivity contribution in [3.05, 3.63) is 24.0 Å². The number of hydrogen-bond donors (Lipinski definition) is 1. The summed E-state index contributed by atoms with van der Waals surface area (Å²) in [6.07, 6.45) is 1.10. The number of nitrogens with one attached hydrogen (secondary N) is 1. The third-order valence-corrected chi connectivity index (χ3v) is 3.53. The standard InChI is InChI=1S/C15H17FN2O2/c1-3-20-13-5-4-11(6-12(13)16)18-14(19)15(9-17)7-10(2)8-15/h4-6,10H,3,7-8H2,1-2H3,(H,18,19). The van der Waals surface area contributed by atoms with Gasteiger partial charge in [0.05, 0.1) is 12.7 Å². The molecule has 1 aromatic rings. The average Bonchev–Trinajstić information content (AvgIpc) is 2.38. The van der Waals surface area contributed by atoms with Gasteiger partial charge in [-0.1, -0.05) is 6.92 Å². The van der Waals surface area contributed by atoms with Crippen LogP contribution in [0.2, 0.25) is 0 Å². The smallest absolute Gasteiger partial charge is 0.244 e. The van der Waals surface area contributed by atoms with Gasteiger partial charge in [0.2, 0.25) is 5.91 Å². The minimum absolute atomic E-state index is 0.151. The number of carbonyl (C=O) groups is 1. The molecule has 0 spiro atoms. The summed E-state index contributed by atoms with van der Waals surface area (Å²) in [5, 5.41) is 11.8. The highest BCUT2D eigenvalue weighted by Crippen LogP contribution is 2.45. The van der Waals surface area contributed by atoms with E-state index in [0.717, 1.165) is 0 Å². The van der Waals surface area contributed by atoms with Crippen LogP contribution in [0.3, 0.4) is 0 Å². The fourth-order valence-electron chi connectivity index (χ4n) is 2.56. The number of nitrogens with zero attached hydrogens (tertiary/aromatic N) is 1. The Labute approximate surface area is 117 Å². The number of rotatable bonds is 4. The molecule has 1 fully saturated rings. The number of hydrogen-bond acceptors (Lipinski definition) is 3. The van der Waals surface area contributed by atoms with Gasteiger partial charge in [0.1, 0.15) is 5.41 Å². The molecular weight excluding hydrogens is 259 g/mol. The van der Waals surface area contributed by atoms with E-state index >= 15 is 0 Å². The van der Waals surface area contributed by atoms with Crippen molar-refractivity contribution in [1.82, 2.24) is 0 Å². The number of ether oxygens (including phenoxy) is 1. The summed E-state index contributed by atoms with van der Waals surface area (Å²) in [5.41, 5.74) is -0.626. The van der Waals surface area contributed by atoms with Gasteiger partial charge in [-0.25, -0.2) is 4.39 Å². The lowest BCUT2D eigenvalue weighted by Gasteiger charge is -2.39. The van der Waals surface area contributed by atoms with Gasteiger partial charge in [0.15, 0.2) is 11.6 Å². The Hall–Kier alpha value is -2.09. The van der Waals surface area contributed by atoms with Gasteiger partial charge < -0.3 is 10.1 Å². The highest BCUT2D eigenvalue weighted by Gasteiger charge is 2.48. The Balaban J connectivity index is 2.09. The zero-order valence-electron chi connectivity index (χ0n) is 11.6. The lowest BCUT2D eigenvalue weighted by Crippen LogP contribution is -2.45. The molecule has 1 aromatic carbocycles. The molecule has 0 saturated heterocycles. The van der Waals surface area contributed by atoms with Crippen LogP contribution < -0.4 is 10.1 Å². The number of carbonyl (C=O) groups excluding carboxylic acids is 1. The second-order valence-corrected chi connectivity index (χ2v) is 5.24. The summed E-state index contributed by atoms with van der Waals surface area (Å²) in [5.74, 6) is -0.366. The van der Waals surface area contributed by atoms with Crippen molar-refractivity contribution in [2.45, 2.75) is 26.7 Å². The topological polar surface area (TPSA) is 62.1 Å². The summed E-state index contributed by atoms with van der Waals surface area (Å²) in [6.45, 7) is 4.14. The van der Waals surface area contributed by atoms with Crippen molar-refractivity contribution in [1.29, 1.82) is 5.26 Å². The molecule has 0 radical (unpaired) electrons. The van der Waals surface area contributed by atoms with Gasteiger partial charge >= 0.3 is 0 Å². The largest absolute Gasteiger partial charge is 0.491 e. The summed E-state index contributed by atoms with van der Waals surface area (Å²) >= 11 is 0. The second kappa shape index (κ2) is 5.49. The molecule has 20 heavy (non-hydrogen) atoms. The lowest BCUT2D eigenvalue weighted by molar-refractivity contribution is -0.128. The minimum atomic E-state index is -0.964. The highest BCUT2D eigenvalue weighted by molar-refractivity contribution is 5.98. The first-order chi connectivity index (χ1) is 9.50. The Bertz CT molecular complexity index is 559. The molecule has 0 heterocycles. The van der Waals surface area contributed by atoms with Gasteiger partial charge in [-0.15, -0.1) is 0 Å². The molecule has 106 valence electrons. The van der Waals surface area contributed by atoms with E-state index < -0.39 is 11.2 Å². The van der Waals surface area contributed by atoms with E-state index in [0.29, 0.717) is 31.1 Å². The van der Waals surface area contributed by atoms with Crippen LogP contribution in [-0.2, 0) is 4.79 Å². The molecular formula is C15H17FN2O2. The van der Waals surface area contributed by atoms with Crippen LogP contribution >= 0.6 is 0 Å². The molecule has 0 aromatic heterocycles. The number of halogens is 1. The first kappa shape index (κ1) is 14.3. The maximum absolute atomic E-state index is 13.7. The summed E-state index contributed by atoms with van der Waals surface area (Å²) in [6, 6.07) is 6.32. The fourth-order valence-corrected chi connectivity index (χ4v) is 2.56. The van der Waals surface area contributed by atoms with E-state index in [1.54, 1.807) is 13.0 Å². The monoisotopic (exact) mass is 276 g/mol. The molecule has 1 saturated carbocycles. The van der Waals surface area contributed by atoms with Crippen molar-refractivity contribution >= 4 is 11.6 Å². The van der Waals surface area contributed by atoms with E-state index in [9.17, 15) is 9.18 Å². The number of nitriles is 1. The molecule has 4 nitrogen and oxygen atoms in total. The van der Waals surface area contributed by atoms with Crippen LogP contribution in [0.1, 0.15) is 26.7 Å². The van der Waals surface area contributed by atoms with Gasteiger partial charge in [-0.3, -0.25) is 4.79 Å². The first-order valence-electron chi connectivity index (χ1n) is 6.66. The number of anilines is 1. The summed E-state index contributed by atoms with van der Waals surface area (Å²) in [7, 11) is 0. The Morgan fingerprint density at radius 2 is 2.30 bits per heavy atom. The SMILES string of the molecule is CCOc1ccc(NC(=O)C2(C#N)CC(C)C2)cc1F. The van der Waals surface area contributed by atoms with E-state index in [1.165, 1.54) is 12.1 Å². The van der Waals surface area contributed by atoms with Crippen LogP contribution in [0.5, 0.6) is 5.75 Å². The molecule has 0 aliphatic heterocycles. The normalized spacial score (nSPS) is 24.4. The molecule has 1 aliphatic carbocycles. The maximum Gasteiger partial charge on any atom is 0.244 e. The Morgan fingerprint density at radius 1 is 1.60 bits per heavy atom. The zero-order chi connectivity index (χ0) is 14.8. The summed E-state index contributed by atoms with van der Waals surface area (Å²) in [4.78, 5) is 12.1. The fraction of sp³-hybridized carbons (Fsp3) is 0.467. The van der Waals surface area contributed by atoms with E-state index in [4.69, 9.17) is 10.00 Å². The Morgan fingerprint density at radius 3 is 2.80 bits per heavy atom. The molecule has 0 unspecified atom stereocenters. The van der Waals surface area contributed by atoms with Crippen molar-refractivity contribution in [3.8, 4) is 11.8 Å². The molecule has 2 rings (SSSR count). The van der Waals surface area contributed by atoms with Crippen molar-refractivity contribution in [2.24, 2.45) is 11.3 Å². The second-order valence-electron chi connectivity index (χ2n) is 5.24. The first-order valence-corrected chi connectivity index (χ1v) is 6.66. The molecule has 1 aliphatic rings.